The van der Waals surface area contributed by atoms with Crippen LogP contribution < -0.4 is 5.32 Å². The van der Waals surface area contributed by atoms with Crippen LogP contribution in [0, 0.1) is 11.3 Å². The van der Waals surface area contributed by atoms with E-state index in [0.29, 0.717) is 12.6 Å². The summed E-state index contributed by atoms with van der Waals surface area (Å²) in [6.07, 6.45) is 2.76. The Morgan fingerprint density at radius 3 is 2.71 bits per heavy atom. The van der Waals surface area contributed by atoms with Gasteiger partial charge in [-0.05, 0) is 42.5 Å². The topological polar surface area (TPSA) is 59.4 Å². The molecule has 144 valence electrons. The molecule has 0 spiro atoms. The lowest BCUT2D eigenvalue weighted by atomic mass is 10.1. The van der Waals surface area contributed by atoms with Crippen molar-refractivity contribution in [2.75, 3.05) is 31.5 Å². The van der Waals surface area contributed by atoms with E-state index < -0.39 is 0 Å². The van der Waals surface area contributed by atoms with E-state index in [0.717, 1.165) is 44.6 Å². The highest BCUT2D eigenvalue weighted by Crippen LogP contribution is 2.24. The van der Waals surface area contributed by atoms with Gasteiger partial charge in [0.2, 0.25) is 5.91 Å². The predicted molar refractivity (Wildman–Crippen MR) is 111 cm³/mol. The lowest BCUT2D eigenvalue weighted by molar-refractivity contribution is -0.132. The number of nitriles is 1. The monoisotopic (exact) mass is 374 g/mol. The fraction of sp³-hybridized carbons (Fsp3) is 0.391. The first kappa shape index (κ1) is 18.5. The fourth-order valence-electron chi connectivity index (χ4n) is 4.23. The lowest BCUT2D eigenvalue weighted by Crippen LogP contribution is -2.42. The summed E-state index contributed by atoms with van der Waals surface area (Å²) in [6, 6.07) is 21.2. The van der Waals surface area contributed by atoms with Gasteiger partial charge in [0.25, 0.3) is 0 Å². The van der Waals surface area contributed by atoms with Crippen LogP contribution in [-0.2, 0) is 4.79 Å². The minimum atomic E-state index is -0.232. The van der Waals surface area contributed by atoms with Gasteiger partial charge in [0.15, 0.2) is 0 Å². The Morgan fingerprint density at radius 1 is 1.07 bits per heavy atom. The maximum absolute atomic E-state index is 12.5. The minimum absolute atomic E-state index is 0.0933. The molecule has 1 N–H and O–H groups in total. The molecule has 2 aromatic rings. The molecule has 0 aliphatic carbocycles. The molecule has 2 atom stereocenters. The average molecular weight is 374 g/mol. The highest BCUT2D eigenvalue weighted by atomic mass is 16.2. The number of amides is 1. The van der Waals surface area contributed by atoms with E-state index in [-0.39, 0.29) is 11.9 Å². The SMILES string of the molecule is N#CC1CCCN1C(=O)CN1CCC(Nc2cccc(-c3ccccc3)c2)C1. The Morgan fingerprint density at radius 2 is 1.89 bits per heavy atom. The Bertz CT molecular complexity index is 860. The number of rotatable bonds is 5. The van der Waals surface area contributed by atoms with Crippen LogP contribution >= 0.6 is 0 Å². The van der Waals surface area contributed by atoms with E-state index in [9.17, 15) is 10.1 Å². The van der Waals surface area contributed by atoms with Crippen molar-refractivity contribution >= 4 is 11.6 Å². The van der Waals surface area contributed by atoms with Gasteiger partial charge in [-0.15, -0.1) is 0 Å². The molecule has 0 aromatic heterocycles. The van der Waals surface area contributed by atoms with Gasteiger partial charge in [0.05, 0.1) is 12.6 Å². The van der Waals surface area contributed by atoms with E-state index in [1.165, 1.54) is 11.1 Å². The highest BCUT2D eigenvalue weighted by molar-refractivity contribution is 5.79. The van der Waals surface area contributed by atoms with Crippen molar-refractivity contribution in [3.05, 3.63) is 54.6 Å². The van der Waals surface area contributed by atoms with Gasteiger partial charge < -0.3 is 10.2 Å². The van der Waals surface area contributed by atoms with Crippen LogP contribution in [0.4, 0.5) is 5.69 Å². The van der Waals surface area contributed by atoms with Crippen molar-refractivity contribution in [3.63, 3.8) is 0 Å². The van der Waals surface area contributed by atoms with E-state index >= 15 is 0 Å². The first-order valence-electron chi connectivity index (χ1n) is 10.1. The molecule has 0 radical (unpaired) electrons. The van der Waals surface area contributed by atoms with Gasteiger partial charge in [-0.1, -0.05) is 42.5 Å². The zero-order valence-electron chi connectivity index (χ0n) is 16.1. The molecule has 2 aliphatic rings. The molecule has 28 heavy (non-hydrogen) atoms. The first-order chi connectivity index (χ1) is 13.7. The summed E-state index contributed by atoms with van der Waals surface area (Å²) in [4.78, 5) is 16.5. The second kappa shape index (κ2) is 8.45. The van der Waals surface area contributed by atoms with Crippen molar-refractivity contribution in [2.45, 2.75) is 31.3 Å². The van der Waals surface area contributed by atoms with E-state index in [1.54, 1.807) is 4.90 Å². The molecule has 2 fully saturated rings. The number of anilines is 1. The Labute approximate surface area is 166 Å². The zero-order chi connectivity index (χ0) is 19.3. The standard InChI is InChI=1S/C23H26N4O/c24-15-22-10-5-12-27(22)23(28)17-26-13-11-21(16-26)25-20-9-4-8-19(14-20)18-6-2-1-3-7-18/h1-4,6-9,14,21-22,25H,5,10-13,16-17H2. The Kier molecular flexibility index (Phi) is 5.59. The first-order valence-corrected chi connectivity index (χ1v) is 10.1. The van der Waals surface area contributed by atoms with Crippen molar-refractivity contribution in [3.8, 4) is 17.2 Å². The third kappa shape index (κ3) is 4.18. The maximum Gasteiger partial charge on any atom is 0.237 e. The molecule has 0 bridgehead atoms. The normalized spacial score (nSPS) is 22.2. The van der Waals surface area contributed by atoms with Crippen LogP contribution in [0.15, 0.2) is 54.6 Å². The van der Waals surface area contributed by atoms with Crippen molar-refractivity contribution < 1.29 is 4.79 Å². The summed E-state index contributed by atoms with van der Waals surface area (Å²) in [5.41, 5.74) is 3.53. The van der Waals surface area contributed by atoms with Crippen LogP contribution in [0.2, 0.25) is 0 Å². The van der Waals surface area contributed by atoms with Crippen molar-refractivity contribution in [1.29, 1.82) is 5.26 Å². The fourth-order valence-corrected chi connectivity index (χ4v) is 4.23. The molecule has 2 heterocycles. The minimum Gasteiger partial charge on any atom is -0.381 e. The Hall–Kier alpha value is -2.84. The summed E-state index contributed by atoms with van der Waals surface area (Å²) < 4.78 is 0. The molecule has 2 saturated heterocycles. The third-order valence-corrected chi connectivity index (χ3v) is 5.69. The molecule has 2 unspecified atom stereocenters. The number of carbonyl (C=O) groups is 1. The summed E-state index contributed by atoms with van der Waals surface area (Å²) in [5.74, 6) is 0.0933. The van der Waals surface area contributed by atoms with Gasteiger partial charge in [0, 0.05) is 31.4 Å². The predicted octanol–water partition coefficient (Wildman–Crippen LogP) is 3.35. The van der Waals surface area contributed by atoms with E-state index in [2.05, 4.69) is 64.8 Å². The number of carbonyl (C=O) groups excluding carboxylic acids is 1. The molecule has 2 aliphatic heterocycles. The quantitative estimate of drug-likeness (QED) is 0.872. The highest BCUT2D eigenvalue weighted by Gasteiger charge is 2.31. The summed E-state index contributed by atoms with van der Waals surface area (Å²) in [5, 5.41) is 12.8. The van der Waals surface area contributed by atoms with Crippen LogP contribution in [0.3, 0.4) is 0 Å². The molecule has 0 saturated carbocycles. The van der Waals surface area contributed by atoms with Gasteiger partial charge in [-0.2, -0.15) is 5.26 Å². The number of hydrogen-bond acceptors (Lipinski definition) is 4. The molecule has 2 aromatic carbocycles. The second-order valence-electron chi connectivity index (χ2n) is 7.69. The van der Waals surface area contributed by atoms with E-state index in [1.807, 2.05) is 6.07 Å². The maximum atomic E-state index is 12.5. The van der Waals surface area contributed by atoms with Crippen LogP contribution in [0.25, 0.3) is 11.1 Å². The van der Waals surface area contributed by atoms with Crippen LogP contribution in [0.5, 0.6) is 0 Å². The molecule has 5 heteroatoms. The molecular formula is C23H26N4O. The van der Waals surface area contributed by atoms with Crippen LogP contribution in [-0.4, -0.2) is 54.0 Å². The second-order valence-corrected chi connectivity index (χ2v) is 7.69. The molecule has 4 rings (SSSR count). The third-order valence-electron chi connectivity index (χ3n) is 5.69. The number of nitrogens with zero attached hydrogens (tertiary/aromatic N) is 3. The van der Waals surface area contributed by atoms with E-state index in [4.69, 9.17) is 0 Å². The number of nitrogens with one attached hydrogen (secondary N) is 1. The average Bonchev–Trinajstić information content (AvgIpc) is 3.38. The summed E-state index contributed by atoms with van der Waals surface area (Å²) in [6.45, 7) is 2.90. The van der Waals surface area contributed by atoms with Gasteiger partial charge in [0.1, 0.15) is 6.04 Å². The summed E-state index contributed by atoms with van der Waals surface area (Å²) in [7, 11) is 0. The smallest absolute Gasteiger partial charge is 0.237 e. The van der Waals surface area contributed by atoms with Crippen molar-refractivity contribution in [2.24, 2.45) is 0 Å². The van der Waals surface area contributed by atoms with Gasteiger partial charge in [-0.3, -0.25) is 9.69 Å². The zero-order valence-corrected chi connectivity index (χ0v) is 16.1. The lowest BCUT2D eigenvalue weighted by Gasteiger charge is -2.23. The number of hydrogen-bond donors (Lipinski definition) is 1. The summed E-state index contributed by atoms with van der Waals surface area (Å²) >= 11 is 0. The number of likely N-dealkylation sites (tertiary alicyclic amines) is 2. The largest absolute Gasteiger partial charge is 0.381 e. The number of benzene rings is 2. The molecule has 5 nitrogen and oxygen atoms in total. The molecular weight excluding hydrogens is 348 g/mol. The molecule has 1 amide bonds. The van der Waals surface area contributed by atoms with Crippen LogP contribution in [0.1, 0.15) is 19.3 Å². The van der Waals surface area contributed by atoms with Gasteiger partial charge >= 0.3 is 0 Å². The van der Waals surface area contributed by atoms with Crippen molar-refractivity contribution in [1.82, 2.24) is 9.80 Å². The van der Waals surface area contributed by atoms with Gasteiger partial charge in [-0.25, -0.2) is 0 Å². The Balaban J connectivity index is 1.33.